The quantitative estimate of drug-likeness (QED) is 0.455. The molecule has 0 atom stereocenters. The number of halogens is 1. The number of hydrogen-bond donors (Lipinski definition) is 4. The molecule has 116 valence electrons. The molecule has 0 aromatic heterocycles. The summed E-state index contributed by atoms with van der Waals surface area (Å²) >= 11 is 3.28. The summed E-state index contributed by atoms with van der Waals surface area (Å²) in [6.45, 7) is 0. The SMILES string of the molecule is O=C1Nc2ccc(Br)cc2C(=O)NC1=Cc1ccc(O)c(O)c1. The van der Waals surface area contributed by atoms with Gasteiger partial charge in [0.15, 0.2) is 11.5 Å². The maximum absolute atomic E-state index is 12.3. The number of aromatic hydroxyl groups is 2. The van der Waals surface area contributed by atoms with Crippen molar-refractivity contribution in [1.82, 2.24) is 5.32 Å². The van der Waals surface area contributed by atoms with E-state index in [1.807, 2.05) is 0 Å². The number of rotatable bonds is 1. The normalized spacial score (nSPS) is 15.6. The van der Waals surface area contributed by atoms with E-state index in [0.29, 0.717) is 16.8 Å². The lowest BCUT2D eigenvalue weighted by molar-refractivity contribution is -0.113. The van der Waals surface area contributed by atoms with E-state index in [1.165, 1.54) is 24.3 Å². The van der Waals surface area contributed by atoms with Gasteiger partial charge in [-0.05, 0) is 42.0 Å². The van der Waals surface area contributed by atoms with E-state index in [2.05, 4.69) is 26.6 Å². The van der Waals surface area contributed by atoms with Crippen LogP contribution in [-0.2, 0) is 4.79 Å². The number of anilines is 1. The number of carbonyl (C=O) groups is 2. The first-order chi connectivity index (χ1) is 10.9. The predicted molar refractivity (Wildman–Crippen MR) is 88.0 cm³/mol. The minimum atomic E-state index is -0.480. The van der Waals surface area contributed by atoms with E-state index in [1.54, 1.807) is 18.2 Å². The summed E-state index contributed by atoms with van der Waals surface area (Å²) in [5, 5.41) is 24.0. The fourth-order valence-corrected chi connectivity index (χ4v) is 2.51. The Labute approximate surface area is 139 Å². The van der Waals surface area contributed by atoms with Gasteiger partial charge >= 0.3 is 0 Å². The van der Waals surface area contributed by atoms with Crippen LogP contribution < -0.4 is 10.6 Å². The van der Waals surface area contributed by atoms with Gasteiger partial charge in [-0.1, -0.05) is 22.0 Å². The molecule has 0 bridgehead atoms. The van der Waals surface area contributed by atoms with Gasteiger partial charge in [-0.2, -0.15) is 0 Å². The van der Waals surface area contributed by atoms with Gasteiger partial charge in [0.1, 0.15) is 5.70 Å². The first-order valence-corrected chi connectivity index (χ1v) is 7.39. The molecule has 0 radical (unpaired) electrons. The molecule has 23 heavy (non-hydrogen) atoms. The van der Waals surface area contributed by atoms with Crippen LogP contribution >= 0.6 is 15.9 Å². The zero-order valence-corrected chi connectivity index (χ0v) is 13.2. The first kappa shape index (κ1) is 15.1. The summed E-state index contributed by atoms with van der Waals surface area (Å²) in [4.78, 5) is 24.5. The van der Waals surface area contributed by atoms with Gasteiger partial charge in [-0.15, -0.1) is 0 Å². The molecule has 7 heteroatoms. The Kier molecular flexibility index (Phi) is 3.79. The first-order valence-electron chi connectivity index (χ1n) is 6.60. The number of amides is 2. The standard InChI is InChI=1S/C16H11BrN2O4/c17-9-2-3-11-10(7-9)15(22)19-12(16(23)18-11)5-8-1-4-13(20)14(21)6-8/h1-7,20-21H,(H,18,23)(H,19,22). The Bertz CT molecular complexity index is 861. The summed E-state index contributed by atoms with van der Waals surface area (Å²) in [7, 11) is 0. The Morgan fingerprint density at radius 2 is 1.70 bits per heavy atom. The summed E-state index contributed by atoms with van der Waals surface area (Å²) in [5.74, 6) is -1.48. The van der Waals surface area contributed by atoms with E-state index in [-0.39, 0.29) is 17.2 Å². The molecule has 0 aliphatic carbocycles. The van der Waals surface area contributed by atoms with E-state index in [0.717, 1.165) is 4.47 Å². The van der Waals surface area contributed by atoms with Crippen LogP contribution in [0, 0.1) is 0 Å². The maximum atomic E-state index is 12.3. The van der Waals surface area contributed by atoms with Crippen LogP contribution in [0.25, 0.3) is 6.08 Å². The van der Waals surface area contributed by atoms with E-state index < -0.39 is 11.8 Å². The van der Waals surface area contributed by atoms with Crippen molar-refractivity contribution >= 4 is 39.5 Å². The Balaban J connectivity index is 1.99. The largest absolute Gasteiger partial charge is 0.504 e. The van der Waals surface area contributed by atoms with Gasteiger partial charge in [-0.25, -0.2) is 0 Å². The number of phenols is 2. The minimum Gasteiger partial charge on any atom is -0.504 e. The van der Waals surface area contributed by atoms with E-state index in [9.17, 15) is 19.8 Å². The third-order valence-electron chi connectivity index (χ3n) is 3.28. The zero-order valence-electron chi connectivity index (χ0n) is 11.6. The monoisotopic (exact) mass is 374 g/mol. The average molecular weight is 375 g/mol. The summed E-state index contributed by atoms with van der Waals surface area (Å²) in [6, 6.07) is 9.06. The third kappa shape index (κ3) is 3.04. The Hall–Kier alpha value is -2.80. The van der Waals surface area contributed by atoms with Crippen molar-refractivity contribution in [1.29, 1.82) is 0 Å². The fourth-order valence-electron chi connectivity index (χ4n) is 2.15. The van der Waals surface area contributed by atoms with Crippen LogP contribution in [0.2, 0.25) is 0 Å². The van der Waals surface area contributed by atoms with Crippen LogP contribution in [0.3, 0.4) is 0 Å². The van der Waals surface area contributed by atoms with Gasteiger partial charge in [-0.3, -0.25) is 9.59 Å². The highest BCUT2D eigenvalue weighted by Crippen LogP contribution is 2.27. The lowest BCUT2D eigenvalue weighted by Gasteiger charge is -2.05. The summed E-state index contributed by atoms with van der Waals surface area (Å²) < 4.78 is 0.719. The number of nitrogens with one attached hydrogen (secondary N) is 2. The van der Waals surface area contributed by atoms with Gasteiger partial charge in [0.25, 0.3) is 11.8 Å². The second-order valence-corrected chi connectivity index (χ2v) is 5.82. The second-order valence-electron chi connectivity index (χ2n) is 4.90. The molecule has 1 heterocycles. The Morgan fingerprint density at radius 3 is 2.43 bits per heavy atom. The molecule has 0 fully saturated rings. The molecule has 0 saturated heterocycles. The third-order valence-corrected chi connectivity index (χ3v) is 3.77. The maximum Gasteiger partial charge on any atom is 0.272 e. The summed E-state index contributed by atoms with van der Waals surface area (Å²) in [5.41, 5.74) is 1.24. The zero-order chi connectivity index (χ0) is 16.6. The lowest BCUT2D eigenvalue weighted by Crippen LogP contribution is -2.26. The molecule has 0 unspecified atom stereocenters. The molecule has 4 N–H and O–H groups in total. The van der Waals surface area contributed by atoms with Gasteiger partial charge < -0.3 is 20.8 Å². The minimum absolute atomic E-state index is 0.0346. The smallest absolute Gasteiger partial charge is 0.272 e. The van der Waals surface area contributed by atoms with Crippen molar-refractivity contribution < 1.29 is 19.8 Å². The molecule has 1 aliphatic rings. The molecule has 2 aromatic carbocycles. The van der Waals surface area contributed by atoms with Crippen LogP contribution in [0.4, 0.5) is 5.69 Å². The Morgan fingerprint density at radius 1 is 0.913 bits per heavy atom. The van der Waals surface area contributed by atoms with Crippen molar-refractivity contribution in [3.8, 4) is 11.5 Å². The van der Waals surface area contributed by atoms with Crippen molar-refractivity contribution in [3.63, 3.8) is 0 Å². The van der Waals surface area contributed by atoms with Gasteiger partial charge in [0.05, 0.1) is 11.3 Å². The van der Waals surface area contributed by atoms with Crippen molar-refractivity contribution in [2.75, 3.05) is 5.32 Å². The number of phenolic OH excluding ortho intramolecular Hbond substituents is 2. The second kappa shape index (κ2) is 5.77. The summed E-state index contributed by atoms with van der Waals surface area (Å²) in [6.07, 6.45) is 1.41. The molecule has 6 nitrogen and oxygen atoms in total. The van der Waals surface area contributed by atoms with Crippen LogP contribution in [0.1, 0.15) is 15.9 Å². The topological polar surface area (TPSA) is 98.7 Å². The molecule has 3 rings (SSSR count). The molecule has 2 amide bonds. The number of hydrogen-bond acceptors (Lipinski definition) is 4. The number of carbonyl (C=O) groups excluding carboxylic acids is 2. The van der Waals surface area contributed by atoms with Crippen LogP contribution in [0.5, 0.6) is 11.5 Å². The molecular formula is C16H11BrN2O4. The lowest BCUT2D eigenvalue weighted by atomic mass is 10.1. The van der Waals surface area contributed by atoms with Crippen molar-refractivity contribution in [2.45, 2.75) is 0 Å². The fraction of sp³-hybridized carbons (Fsp3) is 0. The highest BCUT2D eigenvalue weighted by molar-refractivity contribution is 9.10. The average Bonchev–Trinajstić information content (AvgIpc) is 2.61. The van der Waals surface area contributed by atoms with Crippen molar-refractivity contribution in [3.05, 3.63) is 57.7 Å². The van der Waals surface area contributed by atoms with Gasteiger partial charge in [0, 0.05) is 4.47 Å². The molecule has 2 aromatic rings. The predicted octanol–water partition coefficient (Wildman–Crippen LogP) is 2.58. The molecule has 0 saturated carbocycles. The van der Waals surface area contributed by atoms with Crippen LogP contribution in [-0.4, -0.2) is 22.0 Å². The number of benzene rings is 2. The highest BCUT2D eigenvalue weighted by Gasteiger charge is 2.23. The number of fused-ring (bicyclic) bond motifs is 1. The van der Waals surface area contributed by atoms with E-state index in [4.69, 9.17) is 0 Å². The van der Waals surface area contributed by atoms with Crippen LogP contribution in [0.15, 0.2) is 46.6 Å². The molecule has 0 spiro atoms. The molecule has 1 aliphatic heterocycles. The van der Waals surface area contributed by atoms with Crippen molar-refractivity contribution in [2.24, 2.45) is 0 Å². The highest BCUT2D eigenvalue weighted by atomic mass is 79.9. The molecular weight excluding hydrogens is 364 g/mol. The van der Waals surface area contributed by atoms with Gasteiger partial charge in [0.2, 0.25) is 0 Å². The van der Waals surface area contributed by atoms with E-state index >= 15 is 0 Å².